The Morgan fingerprint density at radius 3 is 3.00 bits per heavy atom. The number of piperidine rings is 1. The molecule has 0 radical (unpaired) electrons. The maximum absolute atomic E-state index is 5.55. The van der Waals surface area contributed by atoms with Crippen molar-refractivity contribution in [1.82, 2.24) is 4.90 Å². The number of nitrogens with zero attached hydrogens (tertiary/aromatic N) is 1. The summed E-state index contributed by atoms with van der Waals surface area (Å²) in [6, 6.07) is 7.18. The van der Waals surface area contributed by atoms with Gasteiger partial charge in [0, 0.05) is 12.6 Å². The Kier molecular flexibility index (Phi) is 5.11. The lowest BCUT2D eigenvalue weighted by Gasteiger charge is -2.44. The molecule has 3 heteroatoms. The van der Waals surface area contributed by atoms with Crippen LogP contribution < -0.4 is 4.74 Å². The summed E-state index contributed by atoms with van der Waals surface area (Å²) in [6.07, 6.45) is 7.09. The summed E-state index contributed by atoms with van der Waals surface area (Å²) in [5.41, 5.74) is 2.93. The Hall–Kier alpha value is -0.990. The molecule has 2 atom stereocenters. The Bertz CT molecular complexity index is 474. The first-order valence-electron chi connectivity index (χ1n) is 7.33. The molecule has 20 heavy (non-hydrogen) atoms. The zero-order valence-electron chi connectivity index (χ0n) is 12.2. The highest BCUT2D eigenvalue weighted by molar-refractivity contribution is 5.85. The SMILES string of the molecule is C=CCN1CCC[C@H]2Cc3cccc(OC)c3C[C@H]21.Cl. The highest BCUT2D eigenvalue weighted by atomic mass is 35.5. The fourth-order valence-corrected chi connectivity index (χ4v) is 3.86. The average Bonchev–Trinajstić information content (AvgIpc) is 2.45. The van der Waals surface area contributed by atoms with Crippen molar-refractivity contribution in [2.24, 2.45) is 5.92 Å². The van der Waals surface area contributed by atoms with Crippen LogP contribution in [-0.4, -0.2) is 31.1 Å². The Balaban J connectivity index is 0.00000147. The van der Waals surface area contributed by atoms with Gasteiger partial charge < -0.3 is 4.74 Å². The number of halogens is 1. The summed E-state index contributed by atoms with van der Waals surface area (Å²) in [5, 5.41) is 0. The van der Waals surface area contributed by atoms with Crippen molar-refractivity contribution >= 4 is 12.4 Å². The first-order valence-corrected chi connectivity index (χ1v) is 7.33. The minimum atomic E-state index is 0. The fourth-order valence-electron chi connectivity index (χ4n) is 3.86. The van der Waals surface area contributed by atoms with Crippen molar-refractivity contribution in [3.63, 3.8) is 0 Å². The maximum atomic E-state index is 5.55. The van der Waals surface area contributed by atoms with Gasteiger partial charge in [-0.05, 0) is 55.3 Å². The molecule has 0 bridgehead atoms. The number of likely N-dealkylation sites (tertiary alicyclic amines) is 1. The largest absolute Gasteiger partial charge is 0.496 e. The molecule has 0 aromatic heterocycles. The van der Waals surface area contributed by atoms with E-state index in [1.807, 2.05) is 6.08 Å². The second-order valence-corrected chi connectivity index (χ2v) is 5.76. The summed E-state index contributed by atoms with van der Waals surface area (Å²) < 4.78 is 5.55. The van der Waals surface area contributed by atoms with Gasteiger partial charge in [-0.15, -0.1) is 19.0 Å². The number of methoxy groups -OCH3 is 1. The van der Waals surface area contributed by atoms with Crippen molar-refractivity contribution in [2.45, 2.75) is 31.7 Å². The molecule has 1 fully saturated rings. The molecule has 1 aromatic carbocycles. The monoisotopic (exact) mass is 293 g/mol. The van der Waals surface area contributed by atoms with E-state index in [0.717, 1.165) is 24.6 Å². The number of hydrogen-bond acceptors (Lipinski definition) is 2. The standard InChI is InChI=1S/C17H23NO.ClH/c1-3-9-18-10-5-7-14-11-13-6-4-8-17(19-2)15(13)12-16(14)18;/h3-4,6,8,14,16H,1,5,7,9-12H2,2H3;1H/t14-,16+;/m0./s1. The van der Waals surface area contributed by atoms with Crippen molar-refractivity contribution in [2.75, 3.05) is 20.2 Å². The van der Waals surface area contributed by atoms with E-state index >= 15 is 0 Å². The molecule has 1 aromatic rings. The second kappa shape index (κ2) is 6.64. The third kappa shape index (κ3) is 2.72. The lowest BCUT2D eigenvalue weighted by atomic mass is 9.75. The predicted molar refractivity (Wildman–Crippen MR) is 85.9 cm³/mol. The Morgan fingerprint density at radius 1 is 1.40 bits per heavy atom. The quantitative estimate of drug-likeness (QED) is 0.791. The van der Waals surface area contributed by atoms with Gasteiger partial charge in [-0.1, -0.05) is 18.2 Å². The average molecular weight is 294 g/mol. The Morgan fingerprint density at radius 2 is 2.25 bits per heavy atom. The molecule has 1 aliphatic heterocycles. The van der Waals surface area contributed by atoms with Crippen molar-refractivity contribution in [3.05, 3.63) is 42.0 Å². The zero-order chi connectivity index (χ0) is 13.2. The molecule has 2 aliphatic rings. The molecule has 1 aliphatic carbocycles. The molecule has 1 saturated heterocycles. The van der Waals surface area contributed by atoms with Gasteiger partial charge in [0.1, 0.15) is 5.75 Å². The molecule has 0 N–H and O–H groups in total. The van der Waals surface area contributed by atoms with Crippen LogP contribution in [0.4, 0.5) is 0 Å². The molecule has 3 rings (SSSR count). The van der Waals surface area contributed by atoms with E-state index in [4.69, 9.17) is 4.74 Å². The van der Waals surface area contributed by atoms with E-state index in [0.29, 0.717) is 6.04 Å². The topological polar surface area (TPSA) is 12.5 Å². The molecule has 1 heterocycles. The summed E-state index contributed by atoms with van der Waals surface area (Å²) in [6.45, 7) is 6.14. The summed E-state index contributed by atoms with van der Waals surface area (Å²) in [5.74, 6) is 1.88. The molecular formula is C17H24ClNO. The lowest BCUT2D eigenvalue weighted by molar-refractivity contribution is 0.0965. The van der Waals surface area contributed by atoms with E-state index in [1.165, 1.54) is 36.9 Å². The summed E-state index contributed by atoms with van der Waals surface area (Å²) >= 11 is 0. The van der Waals surface area contributed by atoms with E-state index in [1.54, 1.807) is 7.11 Å². The van der Waals surface area contributed by atoms with E-state index in [-0.39, 0.29) is 12.4 Å². The van der Waals surface area contributed by atoms with Crippen LogP contribution in [0.3, 0.4) is 0 Å². The van der Waals surface area contributed by atoms with Gasteiger partial charge in [0.25, 0.3) is 0 Å². The van der Waals surface area contributed by atoms with Crippen LogP contribution >= 0.6 is 12.4 Å². The van der Waals surface area contributed by atoms with Gasteiger partial charge in [-0.25, -0.2) is 0 Å². The predicted octanol–water partition coefficient (Wildman–Crippen LogP) is 3.48. The molecule has 2 nitrogen and oxygen atoms in total. The van der Waals surface area contributed by atoms with Gasteiger partial charge in [0.2, 0.25) is 0 Å². The van der Waals surface area contributed by atoms with Crippen LogP contribution in [0.2, 0.25) is 0 Å². The second-order valence-electron chi connectivity index (χ2n) is 5.76. The number of ether oxygens (including phenoxy) is 1. The minimum Gasteiger partial charge on any atom is -0.496 e. The number of rotatable bonds is 3. The normalized spacial score (nSPS) is 25.1. The number of benzene rings is 1. The maximum Gasteiger partial charge on any atom is 0.122 e. The molecule has 0 unspecified atom stereocenters. The van der Waals surface area contributed by atoms with Gasteiger partial charge in [0.05, 0.1) is 7.11 Å². The summed E-state index contributed by atoms with van der Waals surface area (Å²) in [7, 11) is 1.78. The third-order valence-corrected chi connectivity index (χ3v) is 4.74. The summed E-state index contributed by atoms with van der Waals surface area (Å²) in [4.78, 5) is 2.61. The van der Waals surface area contributed by atoms with Crippen LogP contribution in [0.25, 0.3) is 0 Å². The molecule has 0 amide bonds. The first kappa shape index (κ1) is 15.4. The van der Waals surface area contributed by atoms with E-state index in [2.05, 4.69) is 29.7 Å². The third-order valence-electron chi connectivity index (χ3n) is 4.74. The molecule has 110 valence electrons. The van der Waals surface area contributed by atoms with Gasteiger partial charge in [0.15, 0.2) is 0 Å². The fraction of sp³-hybridized carbons (Fsp3) is 0.529. The van der Waals surface area contributed by atoms with Gasteiger partial charge in [-0.3, -0.25) is 4.90 Å². The molecule has 0 saturated carbocycles. The molecular weight excluding hydrogens is 270 g/mol. The van der Waals surface area contributed by atoms with Crippen LogP contribution in [0.15, 0.2) is 30.9 Å². The van der Waals surface area contributed by atoms with Crippen molar-refractivity contribution in [1.29, 1.82) is 0 Å². The van der Waals surface area contributed by atoms with Crippen molar-refractivity contribution < 1.29 is 4.74 Å². The van der Waals surface area contributed by atoms with Crippen LogP contribution in [0.1, 0.15) is 24.0 Å². The van der Waals surface area contributed by atoms with Crippen LogP contribution in [0.5, 0.6) is 5.75 Å². The minimum absolute atomic E-state index is 0. The highest BCUT2D eigenvalue weighted by Crippen LogP contribution is 2.38. The lowest BCUT2D eigenvalue weighted by Crippen LogP contribution is -2.49. The van der Waals surface area contributed by atoms with Gasteiger partial charge >= 0.3 is 0 Å². The number of fused-ring (bicyclic) bond motifs is 2. The van der Waals surface area contributed by atoms with Crippen LogP contribution in [0, 0.1) is 5.92 Å². The zero-order valence-corrected chi connectivity index (χ0v) is 13.0. The van der Waals surface area contributed by atoms with Crippen molar-refractivity contribution in [3.8, 4) is 5.75 Å². The Labute approximate surface area is 128 Å². The van der Waals surface area contributed by atoms with E-state index < -0.39 is 0 Å². The van der Waals surface area contributed by atoms with E-state index in [9.17, 15) is 0 Å². The first-order chi connectivity index (χ1) is 9.33. The number of hydrogen-bond donors (Lipinski definition) is 0. The van der Waals surface area contributed by atoms with Crippen LogP contribution in [-0.2, 0) is 12.8 Å². The molecule has 0 spiro atoms. The van der Waals surface area contributed by atoms with Gasteiger partial charge in [-0.2, -0.15) is 0 Å². The highest BCUT2D eigenvalue weighted by Gasteiger charge is 2.35. The smallest absolute Gasteiger partial charge is 0.122 e.